The Morgan fingerprint density at radius 2 is 2.67 bits per heavy atom. The predicted molar refractivity (Wildman–Crippen MR) is 38.5 cm³/mol. The van der Waals surface area contributed by atoms with Crippen molar-refractivity contribution < 1.29 is 4.74 Å². The normalized spacial score (nSPS) is 9.89. The maximum absolute atomic E-state index is 4.81. The molecular weight excluding hydrogens is 132 g/mol. The first kappa shape index (κ1) is 6.78. The van der Waals surface area contributed by atoms with Crippen molar-refractivity contribution in [3.63, 3.8) is 0 Å². The van der Waals surface area contributed by atoms with Gasteiger partial charge in [0.15, 0.2) is 0 Å². The van der Waals surface area contributed by atoms with Gasteiger partial charge in [0.05, 0.1) is 13.0 Å². The third-order valence-corrected chi connectivity index (χ3v) is 1.74. The summed E-state index contributed by atoms with van der Waals surface area (Å²) < 4.78 is 4.81. The third-order valence-electron chi connectivity index (χ3n) is 0.912. The molecule has 2 heteroatoms. The van der Waals surface area contributed by atoms with E-state index in [0.717, 1.165) is 4.88 Å². The third kappa shape index (κ3) is 2.16. The van der Waals surface area contributed by atoms with Crippen LogP contribution in [0.2, 0.25) is 0 Å². The van der Waals surface area contributed by atoms with Crippen LogP contribution in [-0.2, 0) is 4.74 Å². The Morgan fingerprint density at radius 1 is 1.78 bits per heavy atom. The second kappa shape index (κ2) is 3.64. The van der Waals surface area contributed by atoms with E-state index in [1.54, 1.807) is 18.4 Å². The van der Waals surface area contributed by atoms with E-state index in [9.17, 15) is 0 Å². The molecule has 48 valence electrons. The van der Waals surface area contributed by atoms with Gasteiger partial charge in [0.2, 0.25) is 0 Å². The van der Waals surface area contributed by atoms with Gasteiger partial charge in [0, 0.05) is 12.0 Å². The van der Waals surface area contributed by atoms with Crippen molar-refractivity contribution in [1.29, 1.82) is 0 Å². The van der Waals surface area contributed by atoms with E-state index in [1.807, 2.05) is 17.5 Å². The number of rotatable bonds is 3. The summed E-state index contributed by atoms with van der Waals surface area (Å²) in [5.74, 6) is 0. The van der Waals surface area contributed by atoms with Crippen LogP contribution in [0.15, 0.2) is 17.5 Å². The van der Waals surface area contributed by atoms with Gasteiger partial charge < -0.3 is 4.74 Å². The molecule has 0 aromatic carbocycles. The number of hydrogen-bond acceptors (Lipinski definition) is 2. The van der Waals surface area contributed by atoms with Crippen molar-refractivity contribution in [2.75, 3.05) is 13.7 Å². The van der Waals surface area contributed by atoms with Gasteiger partial charge in [0.1, 0.15) is 0 Å². The van der Waals surface area contributed by atoms with Crippen molar-refractivity contribution in [2.45, 2.75) is 0 Å². The molecule has 1 heterocycles. The lowest BCUT2D eigenvalue weighted by Crippen LogP contribution is -1.87. The van der Waals surface area contributed by atoms with Crippen LogP contribution >= 0.6 is 11.3 Å². The Kier molecular flexibility index (Phi) is 2.74. The zero-order valence-corrected chi connectivity index (χ0v) is 6.07. The maximum atomic E-state index is 4.81. The zero-order chi connectivity index (χ0) is 6.53. The first-order valence-electron chi connectivity index (χ1n) is 2.70. The largest absolute Gasteiger partial charge is 0.384 e. The van der Waals surface area contributed by atoms with Gasteiger partial charge in [-0.25, -0.2) is 0 Å². The molecule has 0 atom stereocenters. The standard InChI is InChI=1S/C7H8OS/c1-8-5-4-7-3-2-6-9-7/h2-3,6H,5H2,1H3. The molecule has 0 N–H and O–H groups in total. The molecule has 0 amide bonds. The van der Waals surface area contributed by atoms with Crippen molar-refractivity contribution in [3.8, 4) is 0 Å². The Bertz CT molecular complexity index is 146. The van der Waals surface area contributed by atoms with E-state index >= 15 is 0 Å². The molecule has 0 fully saturated rings. The van der Waals surface area contributed by atoms with Crippen LogP contribution in [0.25, 0.3) is 0 Å². The summed E-state index contributed by atoms with van der Waals surface area (Å²) in [6.07, 6.45) is 3.07. The molecule has 0 aliphatic heterocycles. The summed E-state index contributed by atoms with van der Waals surface area (Å²) in [5, 5.41) is 2.03. The molecular formula is C7H8OS. The van der Waals surface area contributed by atoms with Crippen LogP contribution in [0.3, 0.4) is 0 Å². The predicted octanol–water partition coefficient (Wildman–Crippen LogP) is 1.82. The van der Waals surface area contributed by atoms with Crippen molar-refractivity contribution in [3.05, 3.63) is 28.8 Å². The summed E-state index contributed by atoms with van der Waals surface area (Å²) in [6.45, 7) is 0.584. The minimum Gasteiger partial charge on any atom is -0.384 e. The monoisotopic (exact) mass is 140 g/mol. The fourth-order valence-corrected chi connectivity index (χ4v) is 1.13. The highest BCUT2D eigenvalue weighted by molar-refractivity contribution is 7.10. The van der Waals surface area contributed by atoms with Gasteiger partial charge in [-0.15, -0.1) is 11.3 Å². The molecule has 1 aromatic heterocycles. The Morgan fingerprint density at radius 3 is 3.22 bits per heavy atom. The van der Waals surface area contributed by atoms with Crippen LogP contribution in [0, 0.1) is 6.42 Å². The SMILES string of the molecule is COC[C]c1cccs1. The lowest BCUT2D eigenvalue weighted by molar-refractivity contribution is 0.226. The number of ether oxygens (including phenoxy) is 1. The summed E-state index contributed by atoms with van der Waals surface area (Å²) in [4.78, 5) is 1.15. The van der Waals surface area contributed by atoms with Gasteiger partial charge in [-0.1, -0.05) is 6.07 Å². The average Bonchev–Trinajstić information content (AvgIpc) is 2.34. The summed E-state index contributed by atoms with van der Waals surface area (Å²) >= 11 is 1.67. The molecule has 0 spiro atoms. The highest BCUT2D eigenvalue weighted by atomic mass is 32.1. The van der Waals surface area contributed by atoms with E-state index in [1.165, 1.54) is 0 Å². The smallest absolute Gasteiger partial charge is 0.0587 e. The quantitative estimate of drug-likeness (QED) is 0.622. The number of hydrogen-bond donors (Lipinski definition) is 0. The van der Waals surface area contributed by atoms with E-state index in [4.69, 9.17) is 4.74 Å². The Hall–Kier alpha value is -0.340. The second-order valence-electron chi connectivity index (χ2n) is 1.59. The van der Waals surface area contributed by atoms with Crippen LogP contribution in [-0.4, -0.2) is 13.7 Å². The molecule has 1 rings (SSSR count). The number of thiophene rings is 1. The van der Waals surface area contributed by atoms with Crippen LogP contribution in [0.4, 0.5) is 0 Å². The summed E-state index contributed by atoms with van der Waals surface area (Å²) in [5.41, 5.74) is 0. The fraction of sp³-hybridized carbons (Fsp3) is 0.286. The van der Waals surface area contributed by atoms with Gasteiger partial charge in [-0.05, 0) is 11.4 Å². The Labute approximate surface area is 59.3 Å². The topological polar surface area (TPSA) is 9.23 Å². The van der Waals surface area contributed by atoms with Gasteiger partial charge in [0.25, 0.3) is 0 Å². The van der Waals surface area contributed by atoms with Gasteiger partial charge in [-0.3, -0.25) is 0 Å². The van der Waals surface area contributed by atoms with Gasteiger partial charge in [-0.2, -0.15) is 0 Å². The zero-order valence-electron chi connectivity index (χ0n) is 5.26. The molecule has 1 nitrogen and oxygen atoms in total. The molecule has 0 aliphatic carbocycles. The minimum absolute atomic E-state index is 0.584. The first-order valence-corrected chi connectivity index (χ1v) is 3.58. The highest BCUT2D eigenvalue weighted by Crippen LogP contribution is 2.09. The van der Waals surface area contributed by atoms with E-state index < -0.39 is 0 Å². The average molecular weight is 140 g/mol. The molecule has 2 radical (unpaired) electrons. The Balaban J connectivity index is 2.30. The van der Waals surface area contributed by atoms with E-state index in [0.29, 0.717) is 6.61 Å². The van der Waals surface area contributed by atoms with Crippen LogP contribution in [0.5, 0.6) is 0 Å². The molecule has 1 aromatic rings. The molecule has 0 aliphatic rings. The fourth-order valence-electron chi connectivity index (χ4n) is 0.522. The lowest BCUT2D eigenvalue weighted by atomic mass is 10.4. The van der Waals surface area contributed by atoms with E-state index in [2.05, 4.69) is 6.42 Å². The number of methoxy groups -OCH3 is 1. The van der Waals surface area contributed by atoms with Gasteiger partial charge >= 0.3 is 0 Å². The lowest BCUT2D eigenvalue weighted by Gasteiger charge is -1.91. The van der Waals surface area contributed by atoms with Crippen LogP contribution in [0.1, 0.15) is 4.88 Å². The maximum Gasteiger partial charge on any atom is 0.0587 e. The highest BCUT2D eigenvalue weighted by Gasteiger charge is 1.91. The molecule has 0 saturated carbocycles. The molecule has 0 bridgehead atoms. The minimum atomic E-state index is 0.584. The summed E-state index contributed by atoms with van der Waals surface area (Å²) in [7, 11) is 1.67. The molecule has 0 unspecified atom stereocenters. The first-order chi connectivity index (χ1) is 4.43. The van der Waals surface area contributed by atoms with Crippen molar-refractivity contribution in [2.24, 2.45) is 0 Å². The van der Waals surface area contributed by atoms with Crippen molar-refractivity contribution >= 4 is 11.3 Å². The summed E-state index contributed by atoms with van der Waals surface area (Å²) in [6, 6.07) is 4.02. The molecule has 0 saturated heterocycles. The van der Waals surface area contributed by atoms with Crippen LogP contribution < -0.4 is 0 Å². The second-order valence-corrected chi connectivity index (χ2v) is 2.53. The van der Waals surface area contributed by atoms with E-state index in [-0.39, 0.29) is 0 Å². The van der Waals surface area contributed by atoms with Crippen molar-refractivity contribution in [1.82, 2.24) is 0 Å². The molecule has 9 heavy (non-hydrogen) atoms.